The average Bonchev–Trinajstić information content (AvgIpc) is 2.54. The topological polar surface area (TPSA) is 116 Å². The highest BCUT2D eigenvalue weighted by molar-refractivity contribution is 5.94. The van der Waals surface area contributed by atoms with Crippen LogP contribution in [0.25, 0.3) is 0 Å². The molecular weight excluding hydrogens is 318 g/mol. The zero-order chi connectivity index (χ0) is 17.9. The molecule has 130 valence electrons. The molecule has 1 atom stereocenters. The van der Waals surface area contributed by atoms with Crippen molar-refractivity contribution >= 4 is 23.0 Å². The first-order valence-electron chi connectivity index (χ1n) is 7.77. The minimum atomic E-state index is -0.818. The van der Waals surface area contributed by atoms with Gasteiger partial charge in [0.2, 0.25) is 0 Å². The third-order valence-corrected chi connectivity index (χ3v) is 4.06. The highest BCUT2D eigenvalue weighted by atomic mass is 16.6. The predicted molar refractivity (Wildman–Crippen MR) is 86.4 cm³/mol. The number of anilines is 1. The van der Waals surface area contributed by atoms with Gasteiger partial charge in [-0.25, -0.2) is 4.79 Å². The lowest BCUT2D eigenvalue weighted by molar-refractivity contribution is -0.392. The fourth-order valence-electron chi connectivity index (χ4n) is 2.94. The van der Waals surface area contributed by atoms with Gasteiger partial charge in [0.1, 0.15) is 0 Å². The summed E-state index contributed by atoms with van der Waals surface area (Å²) in [4.78, 5) is 35.1. The van der Waals surface area contributed by atoms with Crippen molar-refractivity contribution in [3.05, 3.63) is 37.9 Å². The van der Waals surface area contributed by atoms with Gasteiger partial charge in [0, 0.05) is 24.7 Å². The maximum Gasteiger partial charge on any atom is 0.338 e. The normalized spacial score (nSPS) is 17.4. The van der Waals surface area contributed by atoms with Gasteiger partial charge in [-0.05, 0) is 33.1 Å². The van der Waals surface area contributed by atoms with Crippen LogP contribution in [0.3, 0.4) is 0 Å². The Morgan fingerprint density at radius 1 is 1.25 bits per heavy atom. The number of nitrogens with zero attached hydrogens (tertiary/aromatic N) is 3. The second-order valence-corrected chi connectivity index (χ2v) is 5.64. The largest absolute Gasteiger partial charge is 0.462 e. The van der Waals surface area contributed by atoms with Crippen LogP contribution in [0, 0.1) is 20.2 Å². The van der Waals surface area contributed by atoms with Crippen LogP contribution in [0.5, 0.6) is 0 Å². The van der Waals surface area contributed by atoms with E-state index in [0.717, 1.165) is 31.4 Å². The van der Waals surface area contributed by atoms with Crippen molar-refractivity contribution < 1.29 is 19.4 Å². The molecule has 1 saturated heterocycles. The van der Waals surface area contributed by atoms with Crippen LogP contribution in [0.1, 0.15) is 43.5 Å². The van der Waals surface area contributed by atoms with Gasteiger partial charge in [0.25, 0.3) is 0 Å². The van der Waals surface area contributed by atoms with E-state index in [1.54, 1.807) is 11.8 Å². The van der Waals surface area contributed by atoms with Crippen LogP contribution in [0.4, 0.5) is 17.1 Å². The molecule has 1 aliphatic rings. The molecule has 0 N–H and O–H groups in total. The Hall–Kier alpha value is -2.71. The van der Waals surface area contributed by atoms with Crippen molar-refractivity contribution in [3.8, 4) is 0 Å². The van der Waals surface area contributed by atoms with Gasteiger partial charge < -0.3 is 9.64 Å². The van der Waals surface area contributed by atoms with Crippen molar-refractivity contribution in [2.24, 2.45) is 0 Å². The number of carbonyl (C=O) groups is 1. The fourth-order valence-corrected chi connectivity index (χ4v) is 2.94. The third-order valence-electron chi connectivity index (χ3n) is 4.06. The van der Waals surface area contributed by atoms with Crippen molar-refractivity contribution in [2.75, 3.05) is 18.1 Å². The Morgan fingerprint density at radius 3 is 2.29 bits per heavy atom. The minimum Gasteiger partial charge on any atom is -0.462 e. The molecule has 1 aliphatic heterocycles. The van der Waals surface area contributed by atoms with E-state index in [2.05, 4.69) is 0 Å². The molecular formula is C15H19N3O6. The summed E-state index contributed by atoms with van der Waals surface area (Å²) in [6, 6.07) is 2.06. The lowest BCUT2D eigenvalue weighted by Crippen LogP contribution is -2.38. The highest BCUT2D eigenvalue weighted by Crippen LogP contribution is 2.41. The number of nitro benzene ring substituents is 2. The lowest BCUT2D eigenvalue weighted by Gasteiger charge is -2.34. The maximum absolute atomic E-state index is 11.9. The summed E-state index contributed by atoms with van der Waals surface area (Å²) < 4.78 is 4.81. The lowest BCUT2D eigenvalue weighted by atomic mass is 10.0. The second kappa shape index (κ2) is 7.24. The Labute approximate surface area is 138 Å². The standard InChI is InChI=1S/C15H19N3O6/c1-3-24-15(19)11-8-12(17(20)21)14(13(9-11)18(22)23)16-7-5-4-6-10(16)2/h8-10H,3-7H2,1-2H3/t10-/m0/s1. The van der Waals surface area contributed by atoms with Crippen LogP contribution in [0.15, 0.2) is 12.1 Å². The smallest absolute Gasteiger partial charge is 0.338 e. The Bertz CT molecular complexity index is 640. The van der Waals surface area contributed by atoms with Crippen molar-refractivity contribution in [1.29, 1.82) is 0 Å². The molecule has 1 fully saturated rings. The van der Waals surface area contributed by atoms with Crippen molar-refractivity contribution in [3.63, 3.8) is 0 Å². The fraction of sp³-hybridized carbons (Fsp3) is 0.533. The average molecular weight is 337 g/mol. The van der Waals surface area contributed by atoms with Crippen LogP contribution in [0.2, 0.25) is 0 Å². The predicted octanol–water partition coefficient (Wildman–Crippen LogP) is 3.06. The van der Waals surface area contributed by atoms with E-state index in [1.165, 1.54) is 0 Å². The molecule has 0 amide bonds. The zero-order valence-corrected chi connectivity index (χ0v) is 13.6. The Morgan fingerprint density at radius 2 is 1.83 bits per heavy atom. The molecule has 1 heterocycles. The third kappa shape index (κ3) is 3.44. The molecule has 1 aromatic rings. The van der Waals surface area contributed by atoms with Gasteiger partial charge in [-0.15, -0.1) is 0 Å². The van der Waals surface area contributed by atoms with Gasteiger partial charge in [0.15, 0.2) is 5.69 Å². The number of hydrogen-bond donors (Lipinski definition) is 0. The number of piperidine rings is 1. The molecule has 0 unspecified atom stereocenters. The van der Waals surface area contributed by atoms with Gasteiger partial charge in [-0.1, -0.05) is 0 Å². The SMILES string of the molecule is CCOC(=O)c1cc([N+](=O)[O-])c(N2CCCC[C@@H]2C)c([N+](=O)[O-])c1. The Kier molecular flexibility index (Phi) is 5.32. The van der Waals surface area contributed by atoms with Crippen molar-refractivity contribution in [2.45, 2.75) is 39.2 Å². The van der Waals surface area contributed by atoms with E-state index in [1.807, 2.05) is 6.92 Å². The number of rotatable bonds is 5. The van der Waals surface area contributed by atoms with Crippen LogP contribution in [-0.2, 0) is 4.74 Å². The number of carbonyl (C=O) groups excluding carboxylic acids is 1. The van der Waals surface area contributed by atoms with E-state index >= 15 is 0 Å². The molecule has 0 aromatic heterocycles. The summed E-state index contributed by atoms with van der Waals surface area (Å²) in [5, 5.41) is 23.0. The molecule has 0 saturated carbocycles. The molecule has 0 bridgehead atoms. The molecule has 1 aromatic carbocycles. The molecule has 9 nitrogen and oxygen atoms in total. The van der Waals surface area contributed by atoms with Gasteiger partial charge in [-0.2, -0.15) is 0 Å². The first-order chi connectivity index (χ1) is 11.4. The van der Waals surface area contributed by atoms with Crippen molar-refractivity contribution in [1.82, 2.24) is 0 Å². The Balaban J connectivity index is 2.65. The molecule has 0 radical (unpaired) electrons. The summed E-state index contributed by atoms with van der Waals surface area (Å²) in [5.74, 6) is -0.818. The van der Waals surface area contributed by atoms with Crippen LogP contribution >= 0.6 is 0 Å². The van der Waals surface area contributed by atoms with Gasteiger partial charge >= 0.3 is 17.3 Å². The summed E-state index contributed by atoms with van der Waals surface area (Å²) in [6.07, 6.45) is 2.58. The number of benzene rings is 1. The summed E-state index contributed by atoms with van der Waals surface area (Å²) in [6.45, 7) is 4.04. The van der Waals surface area contributed by atoms with Gasteiger partial charge in [-0.3, -0.25) is 20.2 Å². The van der Waals surface area contributed by atoms with E-state index in [9.17, 15) is 25.0 Å². The number of esters is 1. The van der Waals surface area contributed by atoms with E-state index in [0.29, 0.717) is 6.54 Å². The number of nitro groups is 2. The minimum absolute atomic E-state index is 0.0368. The summed E-state index contributed by atoms with van der Waals surface area (Å²) >= 11 is 0. The first kappa shape index (κ1) is 17.6. The van der Waals surface area contributed by atoms with Crippen LogP contribution < -0.4 is 4.90 Å². The quantitative estimate of drug-likeness (QED) is 0.460. The molecule has 9 heteroatoms. The second-order valence-electron chi connectivity index (χ2n) is 5.64. The summed E-state index contributed by atoms with van der Waals surface area (Å²) in [7, 11) is 0. The van der Waals surface area contributed by atoms with Crippen LogP contribution in [-0.4, -0.2) is 35.0 Å². The molecule has 24 heavy (non-hydrogen) atoms. The molecule has 2 rings (SSSR count). The molecule has 0 aliphatic carbocycles. The van der Waals surface area contributed by atoms with Gasteiger partial charge in [0.05, 0.1) is 22.0 Å². The van der Waals surface area contributed by atoms with E-state index < -0.39 is 27.2 Å². The van der Waals surface area contributed by atoms with E-state index in [4.69, 9.17) is 4.74 Å². The highest BCUT2D eigenvalue weighted by Gasteiger charge is 2.35. The number of hydrogen-bond acceptors (Lipinski definition) is 7. The number of ether oxygens (including phenoxy) is 1. The maximum atomic E-state index is 11.9. The zero-order valence-electron chi connectivity index (χ0n) is 13.6. The first-order valence-corrected chi connectivity index (χ1v) is 7.77. The van der Waals surface area contributed by atoms with E-state index in [-0.39, 0.29) is 23.9 Å². The molecule has 0 spiro atoms. The monoisotopic (exact) mass is 337 g/mol. The summed E-state index contributed by atoms with van der Waals surface area (Å²) in [5.41, 5.74) is -1.11.